The third kappa shape index (κ3) is 3.84. The fourth-order valence-electron chi connectivity index (χ4n) is 1.88. The van der Waals surface area contributed by atoms with Crippen molar-refractivity contribution in [2.24, 2.45) is 0 Å². The highest BCUT2D eigenvalue weighted by atomic mass is 32.2. The second-order valence-corrected chi connectivity index (χ2v) is 6.27. The Morgan fingerprint density at radius 1 is 1.26 bits per heavy atom. The lowest BCUT2D eigenvalue weighted by atomic mass is 10.2. The molecular formula is C15H11FN2O4S. The fourth-order valence-corrected chi connectivity index (χ4v) is 3.00. The molecule has 2 aromatic rings. The van der Waals surface area contributed by atoms with Gasteiger partial charge in [0.25, 0.3) is 10.0 Å². The van der Waals surface area contributed by atoms with Crippen LogP contribution in [0.25, 0.3) is 0 Å². The SMILES string of the molecule is N#CCc1cccc(S(=O)(=O)Nc2ccc(F)c(C(=O)O)c2)c1. The molecule has 0 fully saturated rings. The molecule has 2 N–H and O–H groups in total. The minimum atomic E-state index is -3.98. The van der Waals surface area contributed by atoms with Crippen molar-refractivity contribution in [3.63, 3.8) is 0 Å². The number of benzene rings is 2. The summed E-state index contributed by atoms with van der Waals surface area (Å²) < 4.78 is 40.1. The monoisotopic (exact) mass is 334 g/mol. The highest BCUT2D eigenvalue weighted by Gasteiger charge is 2.17. The highest BCUT2D eigenvalue weighted by Crippen LogP contribution is 2.20. The van der Waals surface area contributed by atoms with Gasteiger partial charge in [-0.3, -0.25) is 4.72 Å². The van der Waals surface area contributed by atoms with E-state index < -0.39 is 27.4 Å². The van der Waals surface area contributed by atoms with Gasteiger partial charge < -0.3 is 5.11 Å². The van der Waals surface area contributed by atoms with Gasteiger partial charge in [-0.05, 0) is 35.9 Å². The zero-order valence-corrected chi connectivity index (χ0v) is 12.5. The molecule has 0 heterocycles. The molecule has 0 bridgehead atoms. The molecule has 0 saturated carbocycles. The third-order valence-corrected chi connectivity index (χ3v) is 4.32. The Kier molecular flexibility index (Phi) is 4.62. The third-order valence-electron chi connectivity index (χ3n) is 2.94. The molecule has 0 aliphatic carbocycles. The van der Waals surface area contributed by atoms with Gasteiger partial charge in [0.1, 0.15) is 5.82 Å². The summed E-state index contributed by atoms with van der Waals surface area (Å²) in [5.41, 5.74) is -0.182. The maximum absolute atomic E-state index is 13.3. The number of carboxylic acids is 1. The average Bonchev–Trinajstić information content (AvgIpc) is 2.49. The van der Waals surface area contributed by atoms with Crippen LogP contribution in [-0.4, -0.2) is 19.5 Å². The Balaban J connectivity index is 2.35. The minimum absolute atomic E-state index is 0.0586. The van der Waals surface area contributed by atoms with Gasteiger partial charge in [-0.25, -0.2) is 17.6 Å². The number of nitrogens with one attached hydrogen (secondary N) is 1. The van der Waals surface area contributed by atoms with E-state index in [9.17, 15) is 17.6 Å². The van der Waals surface area contributed by atoms with Crippen LogP contribution in [0, 0.1) is 17.1 Å². The normalized spacial score (nSPS) is 10.8. The topological polar surface area (TPSA) is 107 Å². The summed E-state index contributed by atoms with van der Waals surface area (Å²) in [4.78, 5) is 10.8. The van der Waals surface area contributed by atoms with Gasteiger partial charge in [-0.2, -0.15) is 5.26 Å². The summed E-state index contributed by atoms with van der Waals surface area (Å²) in [5.74, 6) is -2.46. The largest absolute Gasteiger partial charge is 0.478 e. The fraction of sp³-hybridized carbons (Fsp3) is 0.0667. The molecule has 0 atom stereocenters. The van der Waals surface area contributed by atoms with E-state index >= 15 is 0 Å². The second kappa shape index (κ2) is 6.46. The molecule has 118 valence electrons. The zero-order chi connectivity index (χ0) is 17.0. The molecule has 0 radical (unpaired) electrons. The van der Waals surface area contributed by atoms with E-state index in [-0.39, 0.29) is 17.0 Å². The minimum Gasteiger partial charge on any atom is -0.478 e. The first-order valence-corrected chi connectivity index (χ1v) is 7.83. The lowest BCUT2D eigenvalue weighted by Gasteiger charge is -2.10. The molecule has 0 aromatic heterocycles. The summed E-state index contributed by atoms with van der Waals surface area (Å²) in [7, 11) is -3.98. The van der Waals surface area contributed by atoms with Crippen LogP contribution in [0.5, 0.6) is 0 Å². The molecule has 8 heteroatoms. The maximum Gasteiger partial charge on any atom is 0.338 e. The quantitative estimate of drug-likeness (QED) is 0.873. The second-order valence-electron chi connectivity index (χ2n) is 4.59. The van der Waals surface area contributed by atoms with Crippen LogP contribution in [0.1, 0.15) is 15.9 Å². The number of rotatable bonds is 5. The summed E-state index contributed by atoms with van der Waals surface area (Å²) >= 11 is 0. The first kappa shape index (κ1) is 16.5. The predicted molar refractivity (Wildman–Crippen MR) is 79.9 cm³/mol. The van der Waals surface area contributed by atoms with Gasteiger partial charge >= 0.3 is 5.97 Å². The van der Waals surface area contributed by atoms with Crippen molar-refractivity contribution in [2.75, 3.05) is 4.72 Å². The number of halogens is 1. The number of anilines is 1. The van der Waals surface area contributed by atoms with Crippen molar-refractivity contribution >= 4 is 21.7 Å². The van der Waals surface area contributed by atoms with Gasteiger partial charge in [0.15, 0.2) is 0 Å². The first-order valence-electron chi connectivity index (χ1n) is 6.35. The van der Waals surface area contributed by atoms with E-state index in [1.165, 1.54) is 18.2 Å². The number of carbonyl (C=O) groups is 1. The van der Waals surface area contributed by atoms with Crippen molar-refractivity contribution in [3.05, 3.63) is 59.4 Å². The summed E-state index contributed by atoms with van der Waals surface area (Å²) in [6.45, 7) is 0. The highest BCUT2D eigenvalue weighted by molar-refractivity contribution is 7.92. The van der Waals surface area contributed by atoms with Gasteiger partial charge in [-0.15, -0.1) is 0 Å². The Bertz CT molecular complexity index is 904. The Morgan fingerprint density at radius 2 is 2.00 bits per heavy atom. The Labute approximate surface area is 131 Å². The zero-order valence-electron chi connectivity index (χ0n) is 11.7. The van der Waals surface area contributed by atoms with Crippen LogP contribution < -0.4 is 4.72 Å². The Morgan fingerprint density at radius 3 is 2.65 bits per heavy atom. The molecular weight excluding hydrogens is 323 g/mol. The van der Waals surface area contributed by atoms with Crippen molar-refractivity contribution < 1.29 is 22.7 Å². The van der Waals surface area contributed by atoms with Gasteiger partial charge in [0.2, 0.25) is 0 Å². The molecule has 0 unspecified atom stereocenters. The van der Waals surface area contributed by atoms with E-state index in [1.807, 2.05) is 6.07 Å². The van der Waals surface area contributed by atoms with Crippen LogP contribution in [0.4, 0.5) is 10.1 Å². The van der Waals surface area contributed by atoms with E-state index in [0.717, 1.165) is 18.2 Å². The van der Waals surface area contributed by atoms with E-state index in [4.69, 9.17) is 10.4 Å². The van der Waals surface area contributed by atoms with Crippen molar-refractivity contribution in [2.45, 2.75) is 11.3 Å². The van der Waals surface area contributed by atoms with Crippen LogP contribution in [-0.2, 0) is 16.4 Å². The van der Waals surface area contributed by atoms with Gasteiger partial charge in [0, 0.05) is 5.69 Å². The molecule has 23 heavy (non-hydrogen) atoms. The molecule has 6 nitrogen and oxygen atoms in total. The van der Waals surface area contributed by atoms with Crippen LogP contribution in [0.2, 0.25) is 0 Å². The molecule has 2 aromatic carbocycles. The van der Waals surface area contributed by atoms with Crippen molar-refractivity contribution in [3.8, 4) is 6.07 Å². The van der Waals surface area contributed by atoms with Crippen molar-refractivity contribution in [1.82, 2.24) is 0 Å². The number of hydrogen-bond donors (Lipinski definition) is 2. The number of carboxylic acid groups (broad SMARTS) is 1. The van der Waals surface area contributed by atoms with E-state index in [1.54, 1.807) is 6.07 Å². The predicted octanol–water partition coefficient (Wildman–Crippen LogP) is 2.39. The molecule has 0 aliphatic heterocycles. The number of aromatic carboxylic acids is 1. The van der Waals surface area contributed by atoms with E-state index in [0.29, 0.717) is 5.56 Å². The molecule has 0 saturated heterocycles. The Hall–Kier alpha value is -2.92. The number of hydrogen-bond acceptors (Lipinski definition) is 4. The number of nitriles is 1. The van der Waals surface area contributed by atoms with Crippen LogP contribution in [0.15, 0.2) is 47.4 Å². The average molecular weight is 334 g/mol. The molecule has 2 rings (SSSR count). The molecule has 0 spiro atoms. The van der Waals surface area contributed by atoms with Gasteiger partial charge in [-0.1, -0.05) is 12.1 Å². The lowest BCUT2D eigenvalue weighted by molar-refractivity contribution is 0.0692. The van der Waals surface area contributed by atoms with Crippen molar-refractivity contribution in [1.29, 1.82) is 5.26 Å². The van der Waals surface area contributed by atoms with E-state index in [2.05, 4.69) is 4.72 Å². The number of sulfonamides is 1. The lowest BCUT2D eigenvalue weighted by Crippen LogP contribution is -2.14. The van der Waals surface area contributed by atoms with Gasteiger partial charge in [0.05, 0.1) is 22.9 Å². The molecule has 0 amide bonds. The molecule has 0 aliphatic rings. The summed E-state index contributed by atoms with van der Waals surface area (Å²) in [5, 5.41) is 17.5. The summed E-state index contributed by atoms with van der Waals surface area (Å²) in [6.07, 6.45) is 0.0586. The maximum atomic E-state index is 13.3. The first-order chi connectivity index (χ1) is 10.8. The number of nitrogens with zero attached hydrogens (tertiary/aromatic N) is 1. The summed E-state index contributed by atoms with van der Waals surface area (Å²) in [6, 6.07) is 10.6. The standard InChI is InChI=1S/C15H11FN2O4S/c16-14-5-4-11(9-13(14)15(19)20)18-23(21,22)12-3-1-2-10(8-12)6-7-17/h1-5,8-9,18H,6H2,(H,19,20). The van der Waals surface area contributed by atoms with Crippen LogP contribution in [0.3, 0.4) is 0 Å². The van der Waals surface area contributed by atoms with Crippen LogP contribution >= 0.6 is 0 Å². The smallest absolute Gasteiger partial charge is 0.338 e.